The summed E-state index contributed by atoms with van der Waals surface area (Å²) in [4.78, 5) is 18.7. The molecule has 0 aliphatic rings. The first-order valence-electron chi connectivity index (χ1n) is 6.40. The number of nitro groups is 1. The van der Waals surface area contributed by atoms with E-state index in [1.807, 2.05) is 18.2 Å². The number of terminal acetylenes is 1. The van der Waals surface area contributed by atoms with Crippen molar-refractivity contribution in [2.45, 2.75) is 0 Å². The largest absolute Gasteiger partial charge is 0.340 e. The van der Waals surface area contributed by atoms with E-state index in [2.05, 4.69) is 21.2 Å². The van der Waals surface area contributed by atoms with Crippen molar-refractivity contribution in [1.29, 1.82) is 0 Å². The second kappa shape index (κ2) is 6.73. The number of nitro benzene ring substituents is 1. The summed E-state index contributed by atoms with van der Waals surface area (Å²) in [5.41, 5.74) is 2.09. The lowest BCUT2D eigenvalue weighted by Crippen LogP contribution is -1.97. The summed E-state index contributed by atoms with van der Waals surface area (Å²) in [7, 11) is 0. The molecule has 1 heterocycles. The van der Waals surface area contributed by atoms with Crippen LogP contribution in [0.25, 0.3) is 10.9 Å². The zero-order valence-corrected chi connectivity index (χ0v) is 12.6. The van der Waals surface area contributed by atoms with Crippen molar-refractivity contribution in [3.63, 3.8) is 0 Å². The molecule has 0 spiro atoms. The number of hydrogen-bond acceptors (Lipinski definition) is 5. The minimum Gasteiger partial charge on any atom is -0.340 e. The Morgan fingerprint density at radius 1 is 1.17 bits per heavy atom. The monoisotopic (exact) mass is 326 g/mol. The molecule has 0 amide bonds. The Morgan fingerprint density at radius 2 is 2.00 bits per heavy atom. The van der Waals surface area contributed by atoms with E-state index in [4.69, 9.17) is 6.42 Å². The number of anilines is 2. The minimum absolute atomic E-state index is 0. The van der Waals surface area contributed by atoms with Crippen LogP contribution in [0.1, 0.15) is 5.56 Å². The Kier molecular flexibility index (Phi) is 4.74. The number of hydrogen-bond donors (Lipinski definition) is 1. The molecule has 0 aliphatic heterocycles. The number of benzene rings is 2. The zero-order valence-electron chi connectivity index (χ0n) is 11.8. The molecule has 23 heavy (non-hydrogen) atoms. The average Bonchev–Trinajstić information content (AvgIpc) is 2.55. The highest BCUT2D eigenvalue weighted by atomic mass is 35.5. The predicted octanol–water partition coefficient (Wildman–Crippen LogP) is 3.68. The fraction of sp³-hybridized carbons (Fsp3) is 0. The Bertz CT molecular complexity index is 921. The first-order valence-corrected chi connectivity index (χ1v) is 6.40. The lowest BCUT2D eigenvalue weighted by Gasteiger charge is -2.08. The molecule has 7 heteroatoms. The smallest absolute Gasteiger partial charge is 0.270 e. The second-order valence-electron chi connectivity index (χ2n) is 4.53. The van der Waals surface area contributed by atoms with Gasteiger partial charge in [-0.15, -0.1) is 18.8 Å². The molecule has 0 bridgehead atoms. The van der Waals surface area contributed by atoms with Gasteiger partial charge in [-0.3, -0.25) is 10.1 Å². The molecular formula is C16H11ClN4O2. The van der Waals surface area contributed by atoms with Gasteiger partial charge in [0.05, 0.1) is 10.4 Å². The van der Waals surface area contributed by atoms with Gasteiger partial charge in [-0.25, -0.2) is 9.97 Å². The third-order valence-corrected chi connectivity index (χ3v) is 3.12. The molecule has 2 aromatic carbocycles. The van der Waals surface area contributed by atoms with Crippen molar-refractivity contribution in [3.05, 3.63) is 64.5 Å². The van der Waals surface area contributed by atoms with Gasteiger partial charge < -0.3 is 5.32 Å². The van der Waals surface area contributed by atoms with Gasteiger partial charge in [0.25, 0.3) is 5.69 Å². The van der Waals surface area contributed by atoms with Crippen LogP contribution in [-0.4, -0.2) is 14.9 Å². The molecule has 0 unspecified atom stereocenters. The summed E-state index contributed by atoms with van der Waals surface area (Å²) in [6.45, 7) is 0. The Hall–Kier alpha value is -3.17. The number of halogens is 1. The predicted molar refractivity (Wildman–Crippen MR) is 91.1 cm³/mol. The molecule has 6 nitrogen and oxygen atoms in total. The van der Waals surface area contributed by atoms with Gasteiger partial charge in [-0.05, 0) is 24.3 Å². The quantitative estimate of drug-likeness (QED) is 0.451. The highest BCUT2D eigenvalue weighted by molar-refractivity contribution is 5.92. The number of nitrogens with zero attached hydrogens (tertiary/aromatic N) is 3. The van der Waals surface area contributed by atoms with E-state index in [0.717, 1.165) is 11.3 Å². The van der Waals surface area contributed by atoms with Gasteiger partial charge in [0.15, 0.2) is 0 Å². The topological polar surface area (TPSA) is 81.0 Å². The molecule has 0 fully saturated rings. The third-order valence-electron chi connectivity index (χ3n) is 3.12. The Balaban J connectivity index is 0.00000192. The maximum atomic E-state index is 10.9. The standard InChI is InChI=1S/C16H10N4O2.ClH/c1-2-11-4-3-5-12(8-11)19-16-14-9-13(20(21)22)6-7-15(14)17-10-18-16;/h1,3-10H,(H,17,18,19);1H. The number of nitrogens with one attached hydrogen (secondary N) is 1. The molecule has 0 aliphatic carbocycles. The number of fused-ring (bicyclic) bond motifs is 1. The van der Waals surface area contributed by atoms with Crippen molar-refractivity contribution < 1.29 is 4.92 Å². The van der Waals surface area contributed by atoms with Crippen LogP contribution in [0.2, 0.25) is 0 Å². The van der Waals surface area contributed by atoms with Gasteiger partial charge in [0, 0.05) is 28.8 Å². The minimum atomic E-state index is -0.449. The van der Waals surface area contributed by atoms with Crippen LogP contribution in [0.5, 0.6) is 0 Å². The van der Waals surface area contributed by atoms with E-state index in [-0.39, 0.29) is 18.1 Å². The van der Waals surface area contributed by atoms with E-state index in [1.165, 1.54) is 18.5 Å². The number of non-ortho nitro benzene ring substituents is 1. The highest BCUT2D eigenvalue weighted by Gasteiger charge is 2.10. The van der Waals surface area contributed by atoms with Gasteiger partial charge >= 0.3 is 0 Å². The third kappa shape index (κ3) is 3.36. The summed E-state index contributed by atoms with van der Waals surface area (Å²) in [6.07, 6.45) is 6.78. The lowest BCUT2D eigenvalue weighted by atomic mass is 10.2. The summed E-state index contributed by atoms with van der Waals surface area (Å²) >= 11 is 0. The lowest BCUT2D eigenvalue weighted by molar-refractivity contribution is -0.384. The molecule has 3 rings (SSSR count). The average molecular weight is 327 g/mol. The van der Waals surface area contributed by atoms with E-state index >= 15 is 0 Å². The van der Waals surface area contributed by atoms with Crippen LogP contribution in [-0.2, 0) is 0 Å². The molecule has 0 saturated heterocycles. The van der Waals surface area contributed by atoms with E-state index in [1.54, 1.807) is 12.1 Å². The maximum absolute atomic E-state index is 10.9. The molecule has 3 aromatic rings. The van der Waals surface area contributed by atoms with Gasteiger partial charge in [-0.2, -0.15) is 0 Å². The summed E-state index contributed by atoms with van der Waals surface area (Å²) in [5, 5.41) is 14.6. The maximum Gasteiger partial charge on any atom is 0.270 e. The SMILES string of the molecule is C#Cc1cccc(Nc2ncnc3ccc([N+](=O)[O-])cc23)c1.Cl. The Labute approximate surface area is 138 Å². The summed E-state index contributed by atoms with van der Waals surface area (Å²) < 4.78 is 0. The molecule has 0 saturated carbocycles. The fourth-order valence-electron chi connectivity index (χ4n) is 2.08. The van der Waals surface area contributed by atoms with Gasteiger partial charge in [0.2, 0.25) is 0 Å². The van der Waals surface area contributed by atoms with Crippen LogP contribution in [0.3, 0.4) is 0 Å². The van der Waals surface area contributed by atoms with Crippen molar-refractivity contribution >= 4 is 40.5 Å². The van der Waals surface area contributed by atoms with Crippen molar-refractivity contribution in [2.75, 3.05) is 5.32 Å². The van der Waals surface area contributed by atoms with Crippen LogP contribution in [0, 0.1) is 22.5 Å². The normalized spacial score (nSPS) is 9.70. The number of aromatic nitrogens is 2. The van der Waals surface area contributed by atoms with Crippen LogP contribution in [0.4, 0.5) is 17.2 Å². The number of rotatable bonds is 3. The molecule has 0 atom stereocenters. The van der Waals surface area contributed by atoms with E-state index < -0.39 is 4.92 Å². The van der Waals surface area contributed by atoms with Gasteiger partial charge in [-0.1, -0.05) is 12.0 Å². The van der Waals surface area contributed by atoms with Crippen LogP contribution in [0.15, 0.2) is 48.8 Å². The van der Waals surface area contributed by atoms with Crippen LogP contribution < -0.4 is 5.32 Å². The summed E-state index contributed by atoms with van der Waals surface area (Å²) in [5.74, 6) is 3.04. The first-order chi connectivity index (χ1) is 10.7. The highest BCUT2D eigenvalue weighted by Crippen LogP contribution is 2.26. The van der Waals surface area contributed by atoms with Gasteiger partial charge in [0.1, 0.15) is 12.1 Å². The molecule has 1 aromatic heterocycles. The molecule has 0 radical (unpaired) electrons. The Morgan fingerprint density at radius 3 is 2.74 bits per heavy atom. The first kappa shape index (κ1) is 16.2. The van der Waals surface area contributed by atoms with Crippen molar-refractivity contribution in [1.82, 2.24) is 9.97 Å². The molecular weight excluding hydrogens is 316 g/mol. The van der Waals surface area contributed by atoms with E-state index in [9.17, 15) is 10.1 Å². The summed E-state index contributed by atoms with van der Waals surface area (Å²) in [6, 6.07) is 11.7. The second-order valence-corrected chi connectivity index (χ2v) is 4.53. The van der Waals surface area contributed by atoms with Crippen LogP contribution >= 0.6 is 12.4 Å². The fourth-order valence-corrected chi connectivity index (χ4v) is 2.08. The zero-order chi connectivity index (χ0) is 15.5. The molecule has 114 valence electrons. The molecule has 1 N–H and O–H groups in total. The van der Waals surface area contributed by atoms with Crippen molar-refractivity contribution in [3.8, 4) is 12.3 Å². The van der Waals surface area contributed by atoms with Crippen molar-refractivity contribution in [2.24, 2.45) is 0 Å². The van der Waals surface area contributed by atoms with E-state index in [0.29, 0.717) is 16.7 Å².